The minimum atomic E-state index is -3.44. The third-order valence-corrected chi connectivity index (χ3v) is 9.29. The van der Waals surface area contributed by atoms with E-state index in [0.29, 0.717) is 49.8 Å². The van der Waals surface area contributed by atoms with E-state index in [9.17, 15) is 8.42 Å². The van der Waals surface area contributed by atoms with Crippen LogP contribution in [0, 0.1) is 0 Å². The Morgan fingerprint density at radius 3 is 2.40 bits per heavy atom. The van der Waals surface area contributed by atoms with Crippen LogP contribution in [0.4, 0.5) is 11.5 Å². The molecule has 1 saturated carbocycles. The Morgan fingerprint density at radius 1 is 1.17 bits per heavy atom. The van der Waals surface area contributed by atoms with Gasteiger partial charge in [-0.2, -0.15) is 0 Å². The second-order valence-corrected chi connectivity index (χ2v) is 12.3. The molecule has 162 valence electrons. The second-order valence-electron chi connectivity index (χ2n) is 9.28. The molecule has 8 heteroatoms. The average Bonchev–Trinajstić information content (AvgIpc) is 3.50. The summed E-state index contributed by atoms with van der Waals surface area (Å²) in [5.74, 6) is 1.27. The van der Waals surface area contributed by atoms with Crippen molar-refractivity contribution in [3.8, 4) is 11.4 Å². The van der Waals surface area contributed by atoms with Crippen molar-refractivity contribution in [1.82, 2.24) is 9.97 Å². The number of aromatic nitrogens is 2. The number of morpholine rings is 1. The van der Waals surface area contributed by atoms with E-state index in [-0.39, 0.29) is 6.04 Å². The molecule has 1 saturated heterocycles. The van der Waals surface area contributed by atoms with Gasteiger partial charge >= 0.3 is 0 Å². The number of sulfone groups is 1. The fourth-order valence-electron chi connectivity index (χ4n) is 4.01. The molecule has 2 fully saturated rings. The second kappa shape index (κ2) is 7.20. The van der Waals surface area contributed by atoms with E-state index in [1.54, 1.807) is 32.9 Å². The maximum absolute atomic E-state index is 13.5. The molecule has 1 atom stereocenters. The van der Waals surface area contributed by atoms with Crippen LogP contribution in [0.3, 0.4) is 0 Å². The molecule has 1 aromatic heterocycles. The van der Waals surface area contributed by atoms with Crippen molar-refractivity contribution in [1.29, 1.82) is 0 Å². The maximum Gasteiger partial charge on any atom is 0.166 e. The van der Waals surface area contributed by atoms with E-state index < -0.39 is 19.3 Å². The number of hydrogen-bond donors (Lipinski definition) is 1. The van der Waals surface area contributed by atoms with Crippen molar-refractivity contribution >= 4 is 21.3 Å². The average molecular weight is 431 g/mol. The molecule has 1 aromatic carbocycles. The number of ether oxygens (including phenoxy) is 1. The van der Waals surface area contributed by atoms with E-state index in [1.807, 2.05) is 18.2 Å². The normalized spacial score (nSPS) is 21.5. The Labute approximate surface area is 178 Å². The number of hydrogen-bond acceptors (Lipinski definition) is 7. The molecule has 1 aliphatic carbocycles. The molecule has 7 nitrogen and oxygen atoms in total. The molecule has 0 unspecified atom stereocenters. The highest BCUT2D eigenvalue weighted by Crippen LogP contribution is 2.56. The number of benzene rings is 1. The SMILES string of the molecule is C[C@H]1COCCN1c1cc(C2(S(=O)(=O)C(C)(C)C)CC2)nc(-c2ccc(N)cc2)n1. The summed E-state index contributed by atoms with van der Waals surface area (Å²) < 4.78 is 30.7. The van der Waals surface area contributed by atoms with Gasteiger partial charge in [0.2, 0.25) is 0 Å². The van der Waals surface area contributed by atoms with Gasteiger partial charge in [0.05, 0.1) is 29.7 Å². The molecule has 1 aliphatic heterocycles. The molecule has 0 amide bonds. The number of nitrogen functional groups attached to an aromatic ring is 1. The van der Waals surface area contributed by atoms with Gasteiger partial charge in [0.1, 0.15) is 10.6 Å². The van der Waals surface area contributed by atoms with Gasteiger partial charge in [-0.25, -0.2) is 18.4 Å². The summed E-state index contributed by atoms with van der Waals surface area (Å²) in [4.78, 5) is 11.8. The Morgan fingerprint density at radius 2 is 1.83 bits per heavy atom. The summed E-state index contributed by atoms with van der Waals surface area (Å²) in [6.07, 6.45) is 1.17. The number of nitrogens with zero attached hydrogens (tertiary/aromatic N) is 3. The smallest absolute Gasteiger partial charge is 0.166 e. The molecule has 0 spiro atoms. The first-order chi connectivity index (χ1) is 14.0. The lowest BCUT2D eigenvalue weighted by Gasteiger charge is -2.35. The van der Waals surface area contributed by atoms with E-state index in [4.69, 9.17) is 20.4 Å². The van der Waals surface area contributed by atoms with Gasteiger partial charge in [0.15, 0.2) is 15.7 Å². The zero-order chi connectivity index (χ0) is 21.7. The molecular formula is C22H30N4O3S. The lowest BCUT2D eigenvalue weighted by molar-refractivity contribution is 0.0985. The quantitative estimate of drug-likeness (QED) is 0.744. The summed E-state index contributed by atoms with van der Waals surface area (Å²) in [5, 5.41) is 0. The number of nitrogens with two attached hydrogens (primary N) is 1. The van der Waals surface area contributed by atoms with Crippen LogP contribution in [0.25, 0.3) is 11.4 Å². The largest absolute Gasteiger partial charge is 0.399 e. The van der Waals surface area contributed by atoms with Crippen molar-refractivity contribution in [2.45, 2.75) is 56.1 Å². The van der Waals surface area contributed by atoms with Gasteiger partial charge in [-0.1, -0.05) is 0 Å². The van der Waals surface area contributed by atoms with E-state index in [1.165, 1.54) is 0 Å². The van der Waals surface area contributed by atoms with Crippen LogP contribution in [0.2, 0.25) is 0 Å². The Bertz CT molecular complexity index is 1040. The van der Waals surface area contributed by atoms with Gasteiger partial charge in [-0.15, -0.1) is 0 Å². The summed E-state index contributed by atoms with van der Waals surface area (Å²) in [6.45, 7) is 9.30. The monoisotopic (exact) mass is 430 g/mol. The molecule has 0 bridgehead atoms. The number of rotatable bonds is 4. The Kier molecular flexibility index (Phi) is 5.05. The van der Waals surface area contributed by atoms with Gasteiger partial charge in [-0.05, 0) is 64.8 Å². The Balaban J connectivity index is 1.87. The topological polar surface area (TPSA) is 98.4 Å². The van der Waals surface area contributed by atoms with Crippen molar-refractivity contribution < 1.29 is 13.2 Å². The molecule has 2 aliphatic rings. The zero-order valence-corrected chi connectivity index (χ0v) is 18.9. The predicted molar refractivity (Wildman–Crippen MR) is 119 cm³/mol. The van der Waals surface area contributed by atoms with Crippen molar-refractivity contribution in [3.05, 3.63) is 36.0 Å². The lowest BCUT2D eigenvalue weighted by Crippen LogP contribution is -2.44. The van der Waals surface area contributed by atoms with Gasteiger partial charge in [0.25, 0.3) is 0 Å². The van der Waals surface area contributed by atoms with Crippen LogP contribution in [0.15, 0.2) is 30.3 Å². The predicted octanol–water partition coefficient (Wildman–Crippen LogP) is 3.15. The van der Waals surface area contributed by atoms with E-state index >= 15 is 0 Å². The first-order valence-corrected chi connectivity index (χ1v) is 11.9. The zero-order valence-electron chi connectivity index (χ0n) is 18.1. The summed E-state index contributed by atoms with van der Waals surface area (Å²) in [6, 6.07) is 9.38. The lowest BCUT2D eigenvalue weighted by atomic mass is 10.1. The minimum absolute atomic E-state index is 0.148. The van der Waals surface area contributed by atoms with Crippen LogP contribution in [-0.2, 0) is 19.3 Å². The van der Waals surface area contributed by atoms with Gasteiger partial charge in [-0.3, -0.25) is 0 Å². The summed E-state index contributed by atoms with van der Waals surface area (Å²) >= 11 is 0. The first kappa shape index (κ1) is 21.1. The third kappa shape index (κ3) is 3.46. The molecule has 4 rings (SSSR count). The van der Waals surface area contributed by atoms with Crippen LogP contribution >= 0.6 is 0 Å². The Hall–Kier alpha value is -2.19. The minimum Gasteiger partial charge on any atom is -0.399 e. The van der Waals surface area contributed by atoms with Gasteiger partial charge in [0, 0.05) is 23.9 Å². The molecule has 30 heavy (non-hydrogen) atoms. The van der Waals surface area contributed by atoms with Gasteiger partial charge < -0.3 is 15.4 Å². The van der Waals surface area contributed by atoms with Crippen molar-refractivity contribution in [3.63, 3.8) is 0 Å². The van der Waals surface area contributed by atoms with Crippen LogP contribution in [0.1, 0.15) is 46.2 Å². The summed E-state index contributed by atoms with van der Waals surface area (Å²) in [7, 11) is -3.44. The fraction of sp³-hybridized carbons (Fsp3) is 0.545. The highest BCUT2D eigenvalue weighted by molar-refractivity contribution is 7.94. The summed E-state index contributed by atoms with van der Waals surface area (Å²) in [5.41, 5.74) is 7.91. The molecule has 2 N–H and O–H groups in total. The van der Waals surface area contributed by atoms with Crippen LogP contribution in [0.5, 0.6) is 0 Å². The highest BCUT2D eigenvalue weighted by atomic mass is 32.2. The van der Waals surface area contributed by atoms with Crippen LogP contribution in [-0.4, -0.2) is 48.9 Å². The van der Waals surface area contributed by atoms with E-state index in [0.717, 1.165) is 11.4 Å². The fourth-order valence-corrected chi connectivity index (χ4v) is 6.20. The molecule has 2 aromatic rings. The molecule has 2 heterocycles. The molecular weight excluding hydrogens is 400 g/mol. The highest BCUT2D eigenvalue weighted by Gasteiger charge is 2.61. The van der Waals surface area contributed by atoms with Crippen LogP contribution < -0.4 is 10.6 Å². The van der Waals surface area contributed by atoms with Crippen molar-refractivity contribution in [2.24, 2.45) is 0 Å². The first-order valence-electron chi connectivity index (χ1n) is 10.4. The maximum atomic E-state index is 13.5. The number of anilines is 2. The third-order valence-electron chi connectivity index (χ3n) is 6.03. The molecule has 0 radical (unpaired) electrons. The standard InChI is InChI=1S/C22H30N4O3S/c1-15-14-29-12-11-26(15)19-13-18(22(9-10-22)30(27,28)21(2,3)4)24-20(25-19)16-5-7-17(23)8-6-16/h5-8,13,15H,9-12,14,23H2,1-4H3/t15-/m0/s1. The van der Waals surface area contributed by atoms with Crippen molar-refractivity contribution in [2.75, 3.05) is 30.4 Å². The van der Waals surface area contributed by atoms with E-state index in [2.05, 4.69) is 11.8 Å².